The van der Waals surface area contributed by atoms with Gasteiger partial charge in [-0.1, -0.05) is 36.8 Å². The Labute approximate surface area is 175 Å². The molecule has 2 fully saturated rings. The molecule has 162 valence electrons. The predicted molar refractivity (Wildman–Crippen MR) is 116 cm³/mol. The Bertz CT molecular complexity index is 782. The van der Waals surface area contributed by atoms with Gasteiger partial charge in [0, 0.05) is 32.1 Å². The Morgan fingerprint density at radius 2 is 1.86 bits per heavy atom. The highest BCUT2D eigenvalue weighted by Crippen LogP contribution is 2.22. The first kappa shape index (κ1) is 22.2. The van der Waals surface area contributed by atoms with Crippen LogP contribution >= 0.6 is 0 Å². The van der Waals surface area contributed by atoms with Crippen molar-refractivity contribution in [1.29, 1.82) is 0 Å². The second kappa shape index (κ2) is 10.0. The van der Waals surface area contributed by atoms with E-state index >= 15 is 0 Å². The van der Waals surface area contributed by atoms with Crippen LogP contribution in [0.25, 0.3) is 0 Å². The van der Waals surface area contributed by atoms with E-state index in [4.69, 9.17) is 0 Å². The molecule has 3 rings (SSSR count). The lowest BCUT2D eigenvalue weighted by molar-refractivity contribution is -0.126. The Morgan fingerprint density at radius 3 is 2.52 bits per heavy atom. The van der Waals surface area contributed by atoms with Crippen molar-refractivity contribution in [2.75, 3.05) is 39.3 Å². The van der Waals surface area contributed by atoms with Crippen LogP contribution in [0.5, 0.6) is 0 Å². The number of likely N-dealkylation sites (tertiary alicyclic amines) is 1. The SMILES string of the molecule is Cc1cccc(CS(=O)(=O)N2CCC(C(=O)NC[C@@H](C)CN3CCCC3)CC2)c1. The summed E-state index contributed by atoms with van der Waals surface area (Å²) in [6.07, 6.45) is 3.76. The number of hydrogen-bond acceptors (Lipinski definition) is 4. The van der Waals surface area contributed by atoms with E-state index in [0.29, 0.717) is 38.4 Å². The third-order valence-corrected chi connectivity index (χ3v) is 7.89. The van der Waals surface area contributed by atoms with E-state index in [2.05, 4.69) is 17.1 Å². The number of hydrogen-bond donors (Lipinski definition) is 1. The normalized spacial score (nSPS) is 20.6. The van der Waals surface area contributed by atoms with E-state index in [-0.39, 0.29) is 17.6 Å². The zero-order valence-electron chi connectivity index (χ0n) is 17.8. The molecule has 2 saturated heterocycles. The van der Waals surface area contributed by atoms with Crippen molar-refractivity contribution in [1.82, 2.24) is 14.5 Å². The van der Waals surface area contributed by atoms with Crippen LogP contribution in [0.2, 0.25) is 0 Å². The van der Waals surface area contributed by atoms with Gasteiger partial charge in [-0.15, -0.1) is 0 Å². The molecule has 7 heteroatoms. The lowest BCUT2D eigenvalue weighted by Gasteiger charge is -2.31. The maximum absolute atomic E-state index is 12.7. The summed E-state index contributed by atoms with van der Waals surface area (Å²) in [5, 5.41) is 3.09. The first-order chi connectivity index (χ1) is 13.8. The Morgan fingerprint density at radius 1 is 1.17 bits per heavy atom. The Balaban J connectivity index is 1.42. The average molecular weight is 422 g/mol. The molecule has 1 aromatic rings. The van der Waals surface area contributed by atoms with Gasteiger partial charge in [0.25, 0.3) is 0 Å². The number of sulfonamides is 1. The number of amides is 1. The van der Waals surface area contributed by atoms with Gasteiger partial charge in [0.05, 0.1) is 5.75 Å². The minimum atomic E-state index is -3.35. The van der Waals surface area contributed by atoms with Crippen LogP contribution in [0.3, 0.4) is 0 Å². The van der Waals surface area contributed by atoms with Crippen molar-refractivity contribution in [3.63, 3.8) is 0 Å². The van der Waals surface area contributed by atoms with Crippen LogP contribution in [0, 0.1) is 18.8 Å². The number of nitrogens with zero attached hydrogens (tertiary/aromatic N) is 2. The summed E-state index contributed by atoms with van der Waals surface area (Å²) in [5.74, 6) is 0.458. The molecule has 0 spiro atoms. The molecule has 1 atom stereocenters. The van der Waals surface area contributed by atoms with E-state index < -0.39 is 10.0 Å². The highest BCUT2D eigenvalue weighted by Gasteiger charge is 2.31. The molecular weight excluding hydrogens is 386 g/mol. The number of rotatable bonds is 8. The fraction of sp³-hybridized carbons (Fsp3) is 0.682. The minimum Gasteiger partial charge on any atom is -0.356 e. The highest BCUT2D eigenvalue weighted by atomic mass is 32.2. The summed E-state index contributed by atoms with van der Waals surface area (Å²) in [5.41, 5.74) is 1.88. The topological polar surface area (TPSA) is 69.7 Å². The van der Waals surface area contributed by atoms with E-state index in [1.807, 2.05) is 31.2 Å². The quantitative estimate of drug-likeness (QED) is 0.700. The zero-order valence-corrected chi connectivity index (χ0v) is 18.6. The van der Waals surface area contributed by atoms with Gasteiger partial charge in [-0.3, -0.25) is 4.79 Å². The largest absolute Gasteiger partial charge is 0.356 e. The monoisotopic (exact) mass is 421 g/mol. The third-order valence-electron chi connectivity index (χ3n) is 6.04. The second-order valence-electron chi connectivity index (χ2n) is 8.78. The molecule has 1 N–H and O–H groups in total. The highest BCUT2D eigenvalue weighted by molar-refractivity contribution is 7.88. The van der Waals surface area contributed by atoms with Gasteiger partial charge in [-0.2, -0.15) is 0 Å². The van der Waals surface area contributed by atoms with Gasteiger partial charge in [0.1, 0.15) is 0 Å². The molecule has 0 bridgehead atoms. The van der Waals surface area contributed by atoms with Crippen molar-refractivity contribution >= 4 is 15.9 Å². The fourth-order valence-corrected chi connectivity index (χ4v) is 5.94. The van der Waals surface area contributed by atoms with E-state index in [1.165, 1.54) is 25.9 Å². The maximum atomic E-state index is 12.7. The zero-order chi connectivity index (χ0) is 20.9. The number of benzene rings is 1. The van der Waals surface area contributed by atoms with Gasteiger partial charge < -0.3 is 10.2 Å². The number of carbonyl (C=O) groups excluding carboxylic acids is 1. The number of aryl methyl sites for hydroxylation is 1. The molecule has 2 aliphatic heterocycles. The molecular formula is C22H35N3O3S. The first-order valence-corrected chi connectivity index (χ1v) is 12.5. The molecule has 0 aliphatic carbocycles. The Kier molecular flexibility index (Phi) is 7.71. The van der Waals surface area contributed by atoms with Crippen LogP contribution in [-0.4, -0.2) is 62.8 Å². The predicted octanol–water partition coefficient (Wildman–Crippen LogP) is 2.38. The van der Waals surface area contributed by atoms with Gasteiger partial charge in [-0.25, -0.2) is 12.7 Å². The average Bonchev–Trinajstić information content (AvgIpc) is 3.19. The molecule has 0 saturated carbocycles. The van der Waals surface area contributed by atoms with Gasteiger partial charge in [-0.05, 0) is 57.2 Å². The van der Waals surface area contributed by atoms with Crippen molar-refractivity contribution in [3.05, 3.63) is 35.4 Å². The first-order valence-electron chi connectivity index (χ1n) is 10.9. The Hall–Kier alpha value is -1.44. The standard InChI is InChI=1S/C22H35N3O3S/c1-18-6-5-7-20(14-18)17-29(27,28)25-12-8-21(9-13-25)22(26)23-15-19(2)16-24-10-3-4-11-24/h5-7,14,19,21H,3-4,8-13,15-17H2,1-2H3,(H,23,26)/t19-/m1/s1. The van der Waals surface area contributed by atoms with Crippen molar-refractivity contribution < 1.29 is 13.2 Å². The third kappa shape index (κ3) is 6.52. The smallest absolute Gasteiger partial charge is 0.223 e. The van der Waals surface area contributed by atoms with Crippen LogP contribution in [0.1, 0.15) is 43.7 Å². The van der Waals surface area contributed by atoms with E-state index in [0.717, 1.165) is 17.7 Å². The molecule has 0 aromatic heterocycles. The number of nitrogens with one attached hydrogen (secondary N) is 1. The summed E-state index contributed by atoms with van der Waals surface area (Å²) in [6.45, 7) is 9.08. The van der Waals surface area contributed by atoms with Gasteiger partial charge in [0.2, 0.25) is 15.9 Å². The lowest BCUT2D eigenvalue weighted by Crippen LogP contribution is -2.44. The van der Waals surface area contributed by atoms with Gasteiger partial charge >= 0.3 is 0 Å². The molecule has 1 amide bonds. The van der Waals surface area contributed by atoms with E-state index in [9.17, 15) is 13.2 Å². The van der Waals surface area contributed by atoms with Crippen molar-refractivity contribution in [2.24, 2.45) is 11.8 Å². The molecule has 2 heterocycles. The van der Waals surface area contributed by atoms with E-state index in [1.54, 1.807) is 4.31 Å². The van der Waals surface area contributed by atoms with Crippen LogP contribution < -0.4 is 5.32 Å². The van der Waals surface area contributed by atoms with Crippen LogP contribution in [0.15, 0.2) is 24.3 Å². The molecule has 0 radical (unpaired) electrons. The fourth-order valence-electron chi connectivity index (χ4n) is 4.39. The summed E-state index contributed by atoms with van der Waals surface area (Å²) >= 11 is 0. The van der Waals surface area contributed by atoms with Crippen LogP contribution in [0.4, 0.5) is 0 Å². The molecule has 29 heavy (non-hydrogen) atoms. The molecule has 0 unspecified atom stereocenters. The summed E-state index contributed by atoms with van der Waals surface area (Å²) in [7, 11) is -3.35. The number of piperidine rings is 1. The summed E-state index contributed by atoms with van der Waals surface area (Å²) in [4.78, 5) is 15.0. The van der Waals surface area contributed by atoms with Crippen molar-refractivity contribution in [3.8, 4) is 0 Å². The maximum Gasteiger partial charge on any atom is 0.223 e. The summed E-state index contributed by atoms with van der Waals surface area (Å²) < 4.78 is 27.0. The molecule has 2 aliphatic rings. The van der Waals surface area contributed by atoms with Gasteiger partial charge in [0.15, 0.2) is 0 Å². The second-order valence-corrected chi connectivity index (χ2v) is 10.7. The lowest BCUT2D eigenvalue weighted by atomic mass is 9.97. The minimum absolute atomic E-state index is 0.0273. The van der Waals surface area contributed by atoms with Crippen molar-refractivity contribution in [2.45, 2.75) is 45.3 Å². The molecule has 6 nitrogen and oxygen atoms in total. The summed E-state index contributed by atoms with van der Waals surface area (Å²) in [6, 6.07) is 7.63. The number of carbonyl (C=O) groups is 1. The van der Waals surface area contributed by atoms with Crippen LogP contribution in [-0.2, 0) is 20.6 Å². The molecule has 1 aromatic carbocycles.